The van der Waals surface area contributed by atoms with Crippen molar-refractivity contribution in [1.82, 2.24) is 15.3 Å². The van der Waals surface area contributed by atoms with Crippen molar-refractivity contribution >= 4 is 11.6 Å². The van der Waals surface area contributed by atoms with Crippen LogP contribution in [0.5, 0.6) is 0 Å². The maximum absolute atomic E-state index is 12.4. The molecule has 0 bridgehead atoms. The van der Waals surface area contributed by atoms with Gasteiger partial charge in [-0.2, -0.15) is 0 Å². The zero-order valence-corrected chi connectivity index (χ0v) is 12.5. The first-order valence-corrected chi connectivity index (χ1v) is 7.35. The highest BCUT2D eigenvalue weighted by Crippen LogP contribution is 2.20. The summed E-state index contributed by atoms with van der Waals surface area (Å²) in [5.74, 6) is 5.78. The number of nitrogens with zero attached hydrogens (tertiary/aromatic N) is 2. The molecular weight excluding hydrogens is 270 g/mol. The highest BCUT2D eigenvalue weighted by molar-refractivity contribution is 5.97. The van der Waals surface area contributed by atoms with Gasteiger partial charge in [-0.1, -0.05) is 26.7 Å². The molecule has 1 saturated carbocycles. The van der Waals surface area contributed by atoms with E-state index in [2.05, 4.69) is 20.7 Å². The monoisotopic (exact) mass is 293 g/mol. The Kier molecular flexibility index (Phi) is 5.08. The number of carbonyl (C=O) groups excluding carboxylic acids is 1. The van der Waals surface area contributed by atoms with Crippen LogP contribution in [-0.2, 0) is 0 Å². The molecule has 2 unspecified atom stereocenters. The van der Waals surface area contributed by atoms with Crippen LogP contribution in [0.1, 0.15) is 61.8 Å². The molecule has 7 nitrogen and oxygen atoms in total. The summed E-state index contributed by atoms with van der Waals surface area (Å²) in [6, 6.07) is -0.227. The molecule has 1 amide bonds. The first-order chi connectivity index (χ1) is 10.0. The fraction of sp³-hybridized carbons (Fsp3) is 0.643. The van der Waals surface area contributed by atoms with Gasteiger partial charge in [-0.05, 0) is 12.8 Å². The van der Waals surface area contributed by atoms with Crippen molar-refractivity contribution in [3.63, 3.8) is 0 Å². The SMILES string of the molecule is CC(C)c1ncc(NN)c(C(=O)NC2CCCCC2O)n1. The van der Waals surface area contributed by atoms with Crippen LogP contribution in [0.4, 0.5) is 5.69 Å². The fourth-order valence-electron chi connectivity index (χ4n) is 2.47. The fourth-order valence-corrected chi connectivity index (χ4v) is 2.47. The van der Waals surface area contributed by atoms with Crippen molar-refractivity contribution in [2.45, 2.75) is 57.6 Å². The predicted molar refractivity (Wildman–Crippen MR) is 79.7 cm³/mol. The van der Waals surface area contributed by atoms with Gasteiger partial charge in [0, 0.05) is 5.92 Å². The van der Waals surface area contributed by atoms with Crippen molar-refractivity contribution in [2.24, 2.45) is 5.84 Å². The molecule has 1 fully saturated rings. The van der Waals surface area contributed by atoms with Gasteiger partial charge in [0.15, 0.2) is 5.69 Å². The Morgan fingerprint density at radius 2 is 2.14 bits per heavy atom. The van der Waals surface area contributed by atoms with Crippen molar-refractivity contribution in [3.05, 3.63) is 17.7 Å². The van der Waals surface area contributed by atoms with E-state index in [1.807, 2.05) is 13.8 Å². The van der Waals surface area contributed by atoms with Crippen molar-refractivity contribution < 1.29 is 9.90 Å². The number of aliphatic hydroxyl groups is 1. The summed E-state index contributed by atoms with van der Waals surface area (Å²) >= 11 is 0. The summed E-state index contributed by atoms with van der Waals surface area (Å²) in [5, 5.41) is 12.8. The quantitative estimate of drug-likeness (QED) is 0.485. The van der Waals surface area contributed by atoms with Crippen molar-refractivity contribution in [1.29, 1.82) is 0 Å². The summed E-state index contributed by atoms with van der Waals surface area (Å²) in [7, 11) is 0. The molecular formula is C14H23N5O2. The Bertz CT molecular complexity index is 506. The Morgan fingerprint density at radius 3 is 2.76 bits per heavy atom. The number of anilines is 1. The van der Waals surface area contributed by atoms with Crippen LogP contribution in [0.3, 0.4) is 0 Å². The lowest BCUT2D eigenvalue weighted by molar-refractivity contribution is 0.0714. The lowest BCUT2D eigenvalue weighted by Crippen LogP contribution is -2.45. The molecule has 0 saturated heterocycles. The number of nitrogens with one attached hydrogen (secondary N) is 2. The van der Waals surface area contributed by atoms with E-state index < -0.39 is 6.10 Å². The van der Waals surface area contributed by atoms with Crippen LogP contribution < -0.4 is 16.6 Å². The average molecular weight is 293 g/mol. The number of hydrogen-bond donors (Lipinski definition) is 4. The van der Waals surface area contributed by atoms with Gasteiger partial charge < -0.3 is 15.8 Å². The van der Waals surface area contributed by atoms with E-state index >= 15 is 0 Å². The first-order valence-electron chi connectivity index (χ1n) is 7.35. The average Bonchev–Trinajstić information content (AvgIpc) is 2.48. The Morgan fingerprint density at radius 1 is 1.43 bits per heavy atom. The third-order valence-corrected chi connectivity index (χ3v) is 3.74. The molecule has 1 aromatic heterocycles. The predicted octanol–water partition coefficient (Wildman–Crippen LogP) is 0.919. The molecule has 1 aliphatic rings. The van der Waals surface area contributed by atoms with E-state index in [-0.39, 0.29) is 23.6 Å². The van der Waals surface area contributed by atoms with Crippen molar-refractivity contribution in [3.8, 4) is 0 Å². The molecule has 0 radical (unpaired) electrons. The lowest BCUT2D eigenvalue weighted by atomic mass is 9.92. The standard InChI is InChI=1S/C14H23N5O2/c1-8(2)13-16-7-10(19-15)12(18-13)14(21)17-9-5-3-4-6-11(9)20/h7-9,11,19-20H,3-6,15H2,1-2H3,(H,17,21). The number of nitrogens with two attached hydrogens (primary N) is 1. The maximum atomic E-state index is 12.4. The summed E-state index contributed by atoms with van der Waals surface area (Å²) in [6.07, 6.45) is 4.51. The highest BCUT2D eigenvalue weighted by atomic mass is 16.3. The van der Waals surface area contributed by atoms with Gasteiger partial charge >= 0.3 is 0 Å². The van der Waals surface area contributed by atoms with Crippen LogP contribution >= 0.6 is 0 Å². The van der Waals surface area contributed by atoms with Crippen LogP contribution in [0.15, 0.2) is 6.20 Å². The zero-order chi connectivity index (χ0) is 15.4. The molecule has 0 aliphatic heterocycles. The largest absolute Gasteiger partial charge is 0.391 e. The molecule has 1 aromatic rings. The second kappa shape index (κ2) is 6.82. The van der Waals surface area contributed by atoms with E-state index in [0.717, 1.165) is 19.3 Å². The van der Waals surface area contributed by atoms with Gasteiger partial charge in [-0.25, -0.2) is 9.97 Å². The second-order valence-corrected chi connectivity index (χ2v) is 5.72. The summed E-state index contributed by atoms with van der Waals surface area (Å²) in [6.45, 7) is 3.91. The number of hydrogen-bond acceptors (Lipinski definition) is 6. The first kappa shape index (κ1) is 15.7. The Hall–Kier alpha value is -1.73. The number of hydrazine groups is 1. The number of rotatable bonds is 4. The van der Waals surface area contributed by atoms with Crippen LogP contribution in [0.25, 0.3) is 0 Å². The minimum atomic E-state index is -0.497. The summed E-state index contributed by atoms with van der Waals surface area (Å²) in [4.78, 5) is 20.9. The second-order valence-electron chi connectivity index (χ2n) is 5.72. The number of nitrogen functional groups attached to an aromatic ring is 1. The van der Waals surface area contributed by atoms with E-state index in [9.17, 15) is 9.90 Å². The minimum Gasteiger partial charge on any atom is -0.391 e. The molecule has 7 heteroatoms. The number of amides is 1. The maximum Gasteiger partial charge on any atom is 0.272 e. The molecule has 2 atom stereocenters. The lowest BCUT2D eigenvalue weighted by Gasteiger charge is -2.28. The molecule has 2 rings (SSSR count). The zero-order valence-electron chi connectivity index (χ0n) is 12.5. The van der Waals surface area contributed by atoms with E-state index in [4.69, 9.17) is 5.84 Å². The molecule has 1 heterocycles. The third-order valence-electron chi connectivity index (χ3n) is 3.74. The molecule has 0 aromatic carbocycles. The Labute approximate surface area is 124 Å². The summed E-state index contributed by atoms with van der Waals surface area (Å²) in [5.41, 5.74) is 3.04. The minimum absolute atomic E-state index is 0.114. The van der Waals surface area contributed by atoms with E-state index in [0.29, 0.717) is 17.9 Å². The smallest absolute Gasteiger partial charge is 0.272 e. The van der Waals surface area contributed by atoms with Gasteiger partial charge in [-0.15, -0.1) is 0 Å². The molecule has 1 aliphatic carbocycles. The highest BCUT2D eigenvalue weighted by Gasteiger charge is 2.26. The molecule has 21 heavy (non-hydrogen) atoms. The van der Waals surface area contributed by atoms with E-state index in [1.54, 1.807) is 0 Å². The Balaban J connectivity index is 2.18. The third kappa shape index (κ3) is 3.68. The van der Waals surface area contributed by atoms with Crippen molar-refractivity contribution in [2.75, 3.05) is 5.43 Å². The van der Waals surface area contributed by atoms with Crippen LogP contribution in [0, 0.1) is 0 Å². The van der Waals surface area contributed by atoms with Gasteiger partial charge in [0.25, 0.3) is 5.91 Å². The molecule has 116 valence electrons. The number of aromatic nitrogens is 2. The molecule has 5 N–H and O–H groups in total. The summed E-state index contributed by atoms with van der Waals surface area (Å²) < 4.78 is 0. The number of aliphatic hydroxyl groups excluding tert-OH is 1. The van der Waals surface area contributed by atoms with E-state index in [1.165, 1.54) is 6.20 Å². The van der Waals surface area contributed by atoms with Crippen LogP contribution in [-0.4, -0.2) is 33.1 Å². The topological polar surface area (TPSA) is 113 Å². The van der Waals surface area contributed by atoms with Gasteiger partial charge in [0.05, 0.1) is 24.0 Å². The van der Waals surface area contributed by atoms with Gasteiger partial charge in [0.1, 0.15) is 5.82 Å². The van der Waals surface area contributed by atoms with Gasteiger partial charge in [0.2, 0.25) is 0 Å². The van der Waals surface area contributed by atoms with Crippen LogP contribution in [0.2, 0.25) is 0 Å². The van der Waals surface area contributed by atoms with Gasteiger partial charge in [-0.3, -0.25) is 10.6 Å². The number of carbonyl (C=O) groups is 1. The normalized spacial score (nSPS) is 22.1. The molecule has 0 spiro atoms.